The number of halogens is 1. The predicted molar refractivity (Wildman–Crippen MR) is 96.5 cm³/mol. The third kappa shape index (κ3) is 5.92. The highest BCUT2D eigenvalue weighted by Crippen LogP contribution is 2.13. The number of nitrogens with one attached hydrogen (secondary N) is 2. The molecular formula is C16H19ClN4O2S. The summed E-state index contributed by atoms with van der Waals surface area (Å²) < 4.78 is 0. The molecule has 0 saturated heterocycles. The highest BCUT2D eigenvalue weighted by molar-refractivity contribution is 7.09. The molecule has 0 unspecified atom stereocenters. The van der Waals surface area contributed by atoms with E-state index in [-0.39, 0.29) is 11.8 Å². The smallest absolute Gasteiger partial charge is 0.270 e. The summed E-state index contributed by atoms with van der Waals surface area (Å²) in [4.78, 5) is 27.9. The fraction of sp³-hybridized carbons (Fsp3) is 0.312. The average molecular weight is 367 g/mol. The first-order valence-electron chi connectivity index (χ1n) is 7.56. The summed E-state index contributed by atoms with van der Waals surface area (Å²) in [7, 11) is 0. The lowest BCUT2D eigenvalue weighted by molar-refractivity contribution is -0.116. The largest absolute Gasteiger partial charge is 0.351 e. The zero-order valence-corrected chi connectivity index (χ0v) is 14.6. The van der Waals surface area contributed by atoms with Crippen LogP contribution in [0.2, 0.25) is 5.02 Å². The van der Waals surface area contributed by atoms with E-state index in [0.717, 1.165) is 5.01 Å². The van der Waals surface area contributed by atoms with Gasteiger partial charge in [-0.15, -0.1) is 11.3 Å². The van der Waals surface area contributed by atoms with Gasteiger partial charge in [0, 0.05) is 35.5 Å². The summed E-state index contributed by atoms with van der Waals surface area (Å²) in [5, 5.41) is 8.72. The lowest BCUT2D eigenvalue weighted by Gasteiger charge is -2.06. The third-order valence-corrected chi connectivity index (χ3v) is 4.30. The van der Waals surface area contributed by atoms with Crippen molar-refractivity contribution in [3.63, 3.8) is 0 Å². The molecule has 0 atom stereocenters. The minimum atomic E-state index is -0.229. The number of aromatic nitrogens is 1. The van der Waals surface area contributed by atoms with Crippen LogP contribution in [0, 0.1) is 0 Å². The van der Waals surface area contributed by atoms with Gasteiger partial charge in [0.15, 0.2) is 0 Å². The molecule has 0 radical (unpaired) electrons. The Bertz CT molecular complexity index is 688. The number of thiazole rings is 1. The molecule has 4 N–H and O–H groups in total. The number of anilines is 1. The van der Waals surface area contributed by atoms with Crippen LogP contribution in [0.5, 0.6) is 0 Å². The van der Waals surface area contributed by atoms with Crippen LogP contribution in [0.4, 0.5) is 5.69 Å². The van der Waals surface area contributed by atoms with Gasteiger partial charge in [-0.2, -0.15) is 0 Å². The quantitative estimate of drug-likeness (QED) is 0.625. The van der Waals surface area contributed by atoms with Crippen molar-refractivity contribution >= 4 is 40.4 Å². The minimum absolute atomic E-state index is 0.106. The number of rotatable bonds is 8. The van der Waals surface area contributed by atoms with Crippen LogP contribution < -0.4 is 16.4 Å². The van der Waals surface area contributed by atoms with Crippen LogP contribution in [0.25, 0.3) is 0 Å². The van der Waals surface area contributed by atoms with Crippen molar-refractivity contribution in [3.8, 4) is 0 Å². The molecule has 0 bridgehead atoms. The second-order valence-electron chi connectivity index (χ2n) is 5.08. The SMILES string of the molecule is NCCc1nc(C(=O)NCCCC(=O)Nc2ccc(Cl)cc2)cs1. The van der Waals surface area contributed by atoms with Gasteiger partial charge in [-0.25, -0.2) is 4.98 Å². The van der Waals surface area contributed by atoms with Crippen LogP contribution >= 0.6 is 22.9 Å². The molecule has 0 spiro atoms. The highest BCUT2D eigenvalue weighted by atomic mass is 35.5. The number of amides is 2. The summed E-state index contributed by atoms with van der Waals surface area (Å²) in [5.74, 6) is -0.335. The van der Waals surface area contributed by atoms with E-state index < -0.39 is 0 Å². The van der Waals surface area contributed by atoms with Crippen molar-refractivity contribution < 1.29 is 9.59 Å². The molecule has 1 aromatic heterocycles. The van der Waals surface area contributed by atoms with E-state index in [1.54, 1.807) is 29.6 Å². The van der Waals surface area contributed by atoms with Crippen molar-refractivity contribution in [2.24, 2.45) is 5.73 Å². The first kappa shape index (κ1) is 18.4. The van der Waals surface area contributed by atoms with E-state index in [0.29, 0.717) is 48.8 Å². The van der Waals surface area contributed by atoms with E-state index in [1.165, 1.54) is 11.3 Å². The maximum atomic E-state index is 11.9. The first-order chi connectivity index (χ1) is 11.6. The monoisotopic (exact) mass is 366 g/mol. The van der Waals surface area contributed by atoms with Crippen molar-refractivity contribution in [2.75, 3.05) is 18.4 Å². The van der Waals surface area contributed by atoms with Crippen molar-refractivity contribution in [3.05, 3.63) is 45.4 Å². The van der Waals surface area contributed by atoms with E-state index >= 15 is 0 Å². The molecule has 0 aliphatic carbocycles. The van der Waals surface area contributed by atoms with Crippen LogP contribution in [-0.2, 0) is 11.2 Å². The van der Waals surface area contributed by atoms with Crippen molar-refractivity contribution in [1.29, 1.82) is 0 Å². The van der Waals surface area contributed by atoms with Crippen LogP contribution in [0.3, 0.4) is 0 Å². The van der Waals surface area contributed by atoms with E-state index in [9.17, 15) is 9.59 Å². The summed E-state index contributed by atoms with van der Waals surface area (Å²) in [6.45, 7) is 0.925. The molecule has 0 aliphatic rings. The Morgan fingerprint density at radius 3 is 2.71 bits per heavy atom. The van der Waals surface area contributed by atoms with E-state index in [4.69, 9.17) is 17.3 Å². The van der Waals surface area contributed by atoms with E-state index in [1.807, 2.05) is 0 Å². The van der Waals surface area contributed by atoms with Gasteiger partial charge in [-0.3, -0.25) is 9.59 Å². The molecule has 2 amide bonds. The number of nitrogens with zero attached hydrogens (tertiary/aromatic N) is 1. The Hall–Kier alpha value is -1.96. The first-order valence-corrected chi connectivity index (χ1v) is 8.82. The summed E-state index contributed by atoms with van der Waals surface area (Å²) in [6.07, 6.45) is 1.53. The number of benzene rings is 1. The third-order valence-electron chi connectivity index (χ3n) is 3.14. The molecule has 24 heavy (non-hydrogen) atoms. The van der Waals surface area contributed by atoms with Gasteiger partial charge >= 0.3 is 0 Å². The minimum Gasteiger partial charge on any atom is -0.351 e. The molecule has 0 fully saturated rings. The molecule has 1 heterocycles. The normalized spacial score (nSPS) is 10.4. The second-order valence-corrected chi connectivity index (χ2v) is 6.46. The summed E-state index contributed by atoms with van der Waals surface area (Å²) >= 11 is 7.21. The van der Waals surface area contributed by atoms with E-state index in [2.05, 4.69) is 15.6 Å². The van der Waals surface area contributed by atoms with Crippen LogP contribution in [0.15, 0.2) is 29.6 Å². The van der Waals surface area contributed by atoms with Crippen LogP contribution in [0.1, 0.15) is 28.3 Å². The highest BCUT2D eigenvalue weighted by Gasteiger charge is 2.10. The number of carbonyl (C=O) groups excluding carboxylic acids is 2. The molecule has 0 aliphatic heterocycles. The Labute approximate surface area is 149 Å². The van der Waals surface area contributed by atoms with Gasteiger partial charge in [0.05, 0.1) is 5.01 Å². The topological polar surface area (TPSA) is 97.1 Å². The standard InChI is InChI=1S/C16H19ClN4O2S/c17-11-3-5-12(6-4-11)20-14(22)2-1-9-19-16(23)13-10-24-15(21-13)7-8-18/h3-6,10H,1-2,7-9,18H2,(H,19,23)(H,20,22). The molecule has 2 rings (SSSR count). The number of hydrogen-bond acceptors (Lipinski definition) is 5. The molecule has 0 saturated carbocycles. The maximum Gasteiger partial charge on any atom is 0.270 e. The lowest BCUT2D eigenvalue weighted by atomic mass is 10.2. The van der Waals surface area contributed by atoms with Crippen LogP contribution in [-0.4, -0.2) is 29.9 Å². The fourth-order valence-electron chi connectivity index (χ4n) is 1.95. The van der Waals surface area contributed by atoms with Gasteiger partial charge < -0.3 is 16.4 Å². The van der Waals surface area contributed by atoms with Gasteiger partial charge in [0.2, 0.25) is 5.91 Å². The second kappa shape index (κ2) is 9.36. The lowest BCUT2D eigenvalue weighted by Crippen LogP contribution is -2.25. The molecular weight excluding hydrogens is 348 g/mol. The zero-order chi connectivity index (χ0) is 17.4. The Kier molecular flexibility index (Phi) is 7.17. The van der Waals surface area contributed by atoms with Crippen molar-refractivity contribution in [2.45, 2.75) is 19.3 Å². The number of hydrogen-bond donors (Lipinski definition) is 3. The fourth-order valence-corrected chi connectivity index (χ4v) is 2.87. The number of carbonyl (C=O) groups is 2. The van der Waals surface area contributed by atoms with Gasteiger partial charge in [-0.05, 0) is 37.2 Å². The Morgan fingerprint density at radius 1 is 1.25 bits per heavy atom. The number of nitrogens with two attached hydrogens (primary N) is 1. The predicted octanol–water partition coefficient (Wildman–Crippen LogP) is 2.45. The zero-order valence-electron chi connectivity index (χ0n) is 13.0. The average Bonchev–Trinajstić information content (AvgIpc) is 3.03. The van der Waals surface area contributed by atoms with Gasteiger partial charge in [0.1, 0.15) is 5.69 Å². The molecule has 1 aromatic carbocycles. The van der Waals surface area contributed by atoms with Gasteiger partial charge in [-0.1, -0.05) is 11.6 Å². The molecule has 6 nitrogen and oxygen atoms in total. The molecule has 2 aromatic rings. The maximum absolute atomic E-state index is 11.9. The summed E-state index contributed by atoms with van der Waals surface area (Å²) in [6, 6.07) is 6.90. The Morgan fingerprint density at radius 2 is 2.00 bits per heavy atom. The molecule has 128 valence electrons. The van der Waals surface area contributed by atoms with Crippen molar-refractivity contribution in [1.82, 2.24) is 10.3 Å². The summed E-state index contributed by atoms with van der Waals surface area (Å²) in [5.41, 5.74) is 6.55. The molecule has 8 heteroatoms. The van der Waals surface area contributed by atoms with Gasteiger partial charge in [0.25, 0.3) is 5.91 Å². The Balaban J connectivity index is 1.67.